The molecule has 3 aromatic carbocycles. The van der Waals surface area contributed by atoms with Crippen LogP contribution in [-0.2, 0) is 22.7 Å². The highest BCUT2D eigenvalue weighted by Gasteiger charge is 2.38. The van der Waals surface area contributed by atoms with E-state index >= 15 is 0 Å². The number of hydrogen-bond acceptors (Lipinski definition) is 4. The first-order chi connectivity index (χ1) is 19.5. The van der Waals surface area contributed by atoms with Crippen molar-refractivity contribution in [2.24, 2.45) is 0 Å². The van der Waals surface area contributed by atoms with Gasteiger partial charge in [0.05, 0.1) is 6.54 Å². The summed E-state index contributed by atoms with van der Waals surface area (Å²) >= 11 is 5.97. The molecule has 2 heterocycles. The summed E-state index contributed by atoms with van der Waals surface area (Å²) in [5.41, 5.74) is 5.47. The fourth-order valence-electron chi connectivity index (χ4n) is 4.17. The number of halogens is 4. The third kappa shape index (κ3) is 7.49. The van der Waals surface area contributed by atoms with Crippen LogP contribution in [0.1, 0.15) is 21.5 Å². The fraction of sp³-hybridized carbons (Fsp3) is 0.133. The second-order valence-electron chi connectivity index (χ2n) is 9.01. The van der Waals surface area contributed by atoms with Gasteiger partial charge in [0, 0.05) is 35.2 Å². The molecule has 0 radical (unpaired) electrons. The maximum absolute atomic E-state index is 13.4. The minimum Gasteiger partial charge on any atom is -0.475 e. The number of aliphatic carboxylic acids is 1. The van der Waals surface area contributed by atoms with E-state index in [0.717, 1.165) is 27.9 Å². The van der Waals surface area contributed by atoms with Crippen molar-refractivity contribution >= 4 is 35.1 Å². The van der Waals surface area contributed by atoms with Crippen LogP contribution in [0.4, 0.5) is 18.9 Å². The first-order valence-electron chi connectivity index (χ1n) is 12.3. The summed E-state index contributed by atoms with van der Waals surface area (Å²) in [5.74, 6) is -3.07. The molecule has 1 aromatic heterocycles. The Kier molecular flexibility index (Phi) is 9.04. The number of alkyl halides is 3. The maximum Gasteiger partial charge on any atom is 0.490 e. The molecule has 0 bridgehead atoms. The number of anilines is 1. The Morgan fingerprint density at radius 3 is 2.05 bits per heavy atom. The lowest BCUT2D eigenvalue weighted by atomic mass is 10.0. The highest BCUT2D eigenvalue weighted by Crippen LogP contribution is 2.29. The zero-order valence-corrected chi connectivity index (χ0v) is 22.1. The van der Waals surface area contributed by atoms with Crippen LogP contribution in [0.5, 0.6) is 0 Å². The van der Waals surface area contributed by atoms with E-state index < -0.39 is 12.1 Å². The first kappa shape index (κ1) is 29.3. The Morgan fingerprint density at radius 2 is 1.44 bits per heavy atom. The Balaban J connectivity index is 0.000000493. The summed E-state index contributed by atoms with van der Waals surface area (Å²) in [6.07, 6.45) is -1.54. The second-order valence-corrected chi connectivity index (χ2v) is 9.45. The zero-order valence-electron chi connectivity index (χ0n) is 21.4. The quantitative estimate of drug-likeness (QED) is 0.309. The van der Waals surface area contributed by atoms with Crippen molar-refractivity contribution in [1.82, 2.24) is 9.88 Å². The van der Waals surface area contributed by atoms with E-state index in [4.69, 9.17) is 21.5 Å². The van der Waals surface area contributed by atoms with Crippen LogP contribution in [0.25, 0.3) is 11.1 Å². The molecular formula is C30H23ClF3N3O4. The number of carbonyl (C=O) groups is 3. The molecule has 11 heteroatoms. The number of rotatable bonds is 4. The molecule has 0 atom stereocenters. The van der Waals surface area contributed by atoms with Gasteiger partial charge in [-0.1, -0.05) is 54.1 Å². The smallest absolute Gasteiger partial charge is 0.475 e. The van der Waals surface area contributed by atoms with E-state index in [0.29, 0.717) is 23.7 Å². The van der Waals surface area contributed by atoms with Gasteiger partial charge in [0.25, 0.3) is 5.91 Å². The first-order valence-corrected chi connectivity index (χ1v) is 12.6. The van der Waals surface area contributed by atoms with Crippen molar-refractivity contribution in [3.63, 3.8) is 0 Å². The van der Waals surface area contributed by atoms with Crippen molar-refractivity contribution in [2.75, 3.05) is 11.4 Å². The van der Waals surface area contributed by atoms with Gasteiger partial charge in [0.1, 0.15) is 6.54 Å². The van der Waals surface area contributed by atoms with Gasteiger partial charge in [-0.25, -0.2) is 4.79 Å². The van der Waals surface area contributed by atoms with E-state index in [-0.39, 0.29) is 18.4 Å². The lowest BCUT2D eigenvalue weighted by Crippen LogP contribution is -2.39. The number of hydrogen-bond donors (Lipinski definition) is 1. The minimum absolute atomic E-state index is 0.00520. The lowest BCUT2D eigenvalue weighted by molar-refractivity contribution is -0.192. The van der Waals surface area contributed by atoms with Gasteiger partial charge in [0.15, 0.2) is 0 Å². The van der Waals surface area contributed by atoms with Gasteiger partial charge in [-0.15, -0.1) is 0 Å². The van der Waals surface area contributed by atoms with Gasteiger partial charge < -0.3 is 14.9 Å². The van der Waals surface area contributed by atoms with Crippen LogP contribution >= 0.6 is 11.6 Å². The number of pyridine rings is 1. The normalized spacial score (nSPS) is 13.0. The molecule has 41 heavy (non-hydrogen) atoms. The Bertz CT molecular complexity index is 1530. The van der Waals surface area contributed by atoms with Crippen LogP contribution in [0.15, 0.2) is 97.3 Å². The number of aromatic nitrogens is 1. The molecular weight excluding hydrogens is 559 g/mol. The summed E-state index contributed by atoms with van der Waals surface area (Å²) in [7, 11) is 0. The molecule has 0 aliphatic carbocycles. The molecule has 0 fully saturated rings. The van der Waals surface area contributed by atoms with Crippen LogP contribution in [0.2, 0.25) is 5.02 Å². The molecule has 0 unspecified atom stereocenters. The van der Waals surface area contributed by atoms with Gasteiger partial charge in [-0.05, 0) is 64.7 Å². The summed E-state index contributed by atoms with van der Waals surface area (Å²) < 4.78 is 31.7. The average Bonchev–Trinajstić information content (AvgIpc) is 3.10. The van der Waals surface area contributed by atoms with Gasteiger partial charge in [-0.2, -0.15) is 13.2 Å². The molecule has 2 amide bonds. The summed E-state index contributed by atoms with van der Waals surface area (Å²) in [6, 6.07) is 26.6. The molecule has 1 aliphatic rings. The Hall–Kier alpha value is -4.70. The SMILES string of the molecule is O=C(O)C(F)(F)F.O=C(c1ccc(Cl)cc1)N1CC(=O)N(Cc2ccc(-c3ccncc3)cc2)c2ccccc2C1. The number of carboxylic acid groups (broad SMARTS) is 1. The fourth-order valence-corrected chi connectivity index (χ4v) is 4.30. The number of para-hydroxylation sites is 1. The van der Waals surface area contributed by atoms with Crippen molar-refractivity contribution in [1.29, 1.82) is 0 Å². The van der Waals surface area contributed by atoms with Crippen molar-refractivity contribution in [3.05, 3.63) is 119 Å². The summed E-state index contributed by atoms with van der Waals surface area (Å²) in [4.78, 5) is 42.9. The van der Waals surface area contributed by atoms with Gasteiger partial charge >= 0.3 is 12.1 Å². The zero-order chi connectivity index (χ0) is 29.6. The number of benzene rings is 3. The lowest BCUT2D eigenvalue weighted by Gasteiger charge is -2.23. The molecule has 1 aliphatic heterocycles. The Labute approximate surface area is 238 Å². The van der Waals surface area contributed by atoms with Crippen LogP contribution in [0, 0.1) is 0 Å². The molecule has 7 nitrogen and oxygen atoms in total. The minimum atomic E-state index is -5.08. The number of amides is 2. The third-order valence-electron chi connectivity index (χ3n) is 6.20. The standard InChI is InChI=1S/C28H22ClN3O2.C2HF3O2/c29-25-11-9-23(10-12-25)28(34)31-18-24-3-1-2-4-26(24)32(27(33)19-31)17-20-5-7-21(8-6-20)22-13-15-30-16-14-22;3-2(4,5)1(6)7/h1-16H,17-19H2;(H,6,7). The predicted octanol–water partition coefficient (Wildman–Crippen LogP) is 6.22. The van der Waals surface area contributed by atoms with E-state index in [1.165, 1.54) is 0 Å². The van der Waals surface area contributed by atoms with Crippen molar-refractivity contribution < 1.29 is 32.7 Å². The molecule has 1 N–H and O–H groups in total. The molecule has 0 spiro atoms. The maximum atomic E-state index is 13.4. The molecule has 210 valence electrons. The third-order valence-corrected chi connectivity index (χ3v) is 6.45. The van der Waals surface area contributed by atoms with Crippen LogP contribution in [-0.4, -0.2) is 45.5 Å². The highest BCUT2D eigenvalue weighted by molar-refractivity contribution is 6.30. The molecule has 0 saturated heterocycles. The molecule has 0 saturated carbocycles. The number of carboxylic acids is 1. The largest absolute Gasteiger partial charge is 0.490 e. The van der Waals surface area contributed by atoms with E-state index in [1.54, 1.807) is 46.5 Å². The highest BCUT2D eigenvalue weighted by atomic mass is 35.5. The van der Waals surface area contributed by atoms with E-state index in [2.05, 4.69) is 17.1 Å². The van der Waals surface area contributed by atoms with Gasteiger partial charge in [0.2, 0.25) is 5.91 Å². The van der Waals surface area contributed by atoms with E-state index in [9.17, 15) is 22.8 Å². The number of carbonyl (C=O) groups excluding carboxylic acids is 2. The monoisotopic (exact) mass is 581 g/mol. The van der Waals surface area contributed by atoms with Crippen molar-refractivity contribution in [2.45, 2.75) is 19.3 Å². The van der Waals surface area contributed by atoms with Crippen LogP contribution in [0.3, 0.4) is 0 Å². The van der Waals surface area contributed by atoms with Gasteiger partial charge in [-0.3, -0.25) is 14.6 Å². The number of fused-ring (bicyclic) bond motifs is 1. The second kappa shape index (κ2) is 12.6. The molecule has 4 aromatic rings. The average molecular weight is 582 g/mol. The molecule has 5 rings (SSSR count). The Morgan fingerprint density at radius 1 is 0.854 bits per heavy atom. The topological polar surface area (TPSA) is 90.8 Å². The summed E-state index contributed by atoms with van der Waals surface area (Å²) in [5, 5.41) is 7.69. The van der Waals surface area contributed by atoms with Crippen LogP contribution < -0.4 is 4.90 Å². The number of nitrogens with zero attached hydrogens (tertiary/aromatic N) is 3. The predicted molar refractivity (Wildman–Crippen MR) is 147 cm³/mol. The van der Waals surface area contributed by atoms with Crippen molar-refractivity contribution in [3.8, 4) is 11.1 Å². The summed E-state index contributed by atoms with van der Waals surface area (Å²) in [6.45, 7) is 0.793. The van der Waals surface area contributed by atoms with E-state index in [1.807, 2.05) is 48.5 Å².